The fourth-order valence-corrected chi connectivity index (χ4v) is 4.07. The molecule has 1 N–H and O–H groups in total. The lowest BCUT2D eigenvalue weighted by molar-refractivity contribution is -0.135. The number of benzene rings is 2. The number of amides is 1. The Bertz CT molecular complexity index is 978. The van der Waals surface area contributed by atoms with Gasteiger partial charge in [-0.05, 0) is 54.3 Å². The molecule has 154 valence electrons. The Morgan fingerprint density at radius 1 is 1.10 bits per heavy atom. The molecule has 3 nitrogen and oxygen atoms in total. The van der Waals surface area contributed by atoms with E-state index in [0.29, 0.717) is 6.54 Å². The highest BCUT2D eigenvalue weighted by atomic mass is 35.5. The van der Waals surface area contributed by atoms with Crippen LogP contribution in [0.2, 0.25) is 10.0 Å². The van der Waals surface area contributed by atoms with Crippen molar-refractivity contribution < 1.29 is 4.79 Å². The summed E-state index contributed by atoms with van der Waals surface area (Å²) in [4.78, 5) is 18.3. The molecule has 0 saturated heterocycles. The number of fused-ring (bicyclic) bond motifs is 3. The minimum atomic E-state index is -0.0588. The molecule has 1 atom stereocenters. The van der Waals surface area contributed by atoms with Gasteiger partial charge in [0.05, 0.1) is 6.54 Å². The van der Waals surface area contributed by atoms with Crippen LogP contribution in [0.25, 0.3) is 10.9 Å². The highest BCUT2D eigenvalue weighted by Crippen LogP contribution is 2.30. The second-order valence-electron chi connectivity index (χ2n) is 7.72. The second-order valence-corrected chi connectivity index (χ2v) is 8.59. The fourth-order valence-electron chi connectivity index (χ4n) is 3.77. The molecule has 2 aromatic carbocycles. The number of halogens is 2. The van der Waals surface area contributed by atoms with E-state index in [4.69, 9.17) is 23.2 Å². The molecule has 2 heterocycles. The van der Waals surface area contributed by atoms with Gasteiger partial charge < -0.3 is 9.88 Å². The lowest BCUT2D eigenvalue weighted by Crippen LogP contribution is -2.39. The zero-order valence-corrected chi connectivity index (χ0v) is 18.8. The molecule has 5 heteroatoms. The summed E-state index contributed by atoms with van der Waals surface area (Å²) in [5.74, 6) is 0.138. The number of hydrogen-bond acceptors (Lipinski definition) is 1. The number of carbonyl (C=O) groups excluding carboxylic acids is 1. The van der Waals surface area contributed by atoms with Crippen molar-refractivity contribution in [1.29, 1.82) is 0 Å². The summed E-state index contributed by atoms with van der Waals surface area (Å²) in [6.07, 6.45) is 2.83. The molecule has 0 spiro atoms. The molecule has 0 radical (unpaired) electrons. The van der Waals surface area contributed by atoms with Crippen LogP contribution >= 0.6 is 23.2 Å². The van der Waals surface area contributed by atoms with Crippen molar-refractivity contribution in [1.82, 2.24) is 9.88 Å². The molecule has 29 heavy (non-hydrogen) atoms. The van der Waals surface area contributed by atoms with Gasteiger partial charge in [0.1, 0.15) is 0 Å². The Kier molecular flexibility index (Phi) is 7.26. The molecule has 1 aromatic heterocycles. The SMILES string of the molecule is CC(Cc1ccc(Cl)cc1)C(=O)N1CCc2c([nH]c3ccc(Cl)cc23)C1.CCC. The molecule has 0 fully saturated rings. The van der Waals surface area contributed by atoms with E-state index in [-0.39, 0.29) is 11.8 Å². The summed E-state index contributed by atoms with van der Waals surface area (Å²) in [5.41, 5.74) is 4.63. The second kappa shape index (κ2) is 9.69. The zero-order chi connectivity index (χ0) is 21.0. The van der Waals surface area contributed by atoms with E-state index in [1.807, 2.05) is 54.3 Å². The first-order valence-corrected chi connectivity index (χ1v) is 11.0. The number of hydrogen-bond donors (Lipinski definition) is 1. The van der Waals surface area contributed by atoms with E-state index in [0.717, 1.165) is 46.2 Å². The van der Waals surface area contributed by atoms with E-state index in [9.17, 15) is 4.79 Å². The summed E-state index contributed by atoms with van der Waals surface area (Å²) in [5, 5.41) is 2.64. The van der Waals surface area contributed by atoms with Crippen molar-refractivity contribution in [3.8, 4) is 0 Å². The molecular weight excluding hydrogens is 403 g/mol. The van der Waals surface area contributed by atoms with E-state index in [1.54, 1.807) is 0 Å². The third-order valence-electron chi connectivity index (χ3n) is 5.13. The monoisotopic (exact) mass is 430 g/mol. The van der Waals surface area contributed by atoms with Crippen molar-refractivity contribution in [2.24, 2.45) is 5.92 Å². The molecular formula is C24H28Cl2N2O. The summed E-state index contributed by atoms with van der Waals surface area (Å²) in [7, 11) is 0. The van der Waals surface area contributed by atoms with Gasteiger partial charge in [-0.25, -0.2) is 0 Å². The predicted molar refractivity (Wildman–Crippen MR) is 123 cm³/mol. The quantitative estimate of drug-likeness (QED) is 0.495. The summed E-state index contributed by atoms with van der Waals surface area (Å²) in [6.45, 7) is 7.62. The highest BCUT2D eigenvalue weighted by molar-refractivity contribution is 6.31. The third kappa shape index (κ3) is 5.15. The summed E-state index contributed by atoms with van der Waals surface area (Å²) < 4.78 is 0. The first kappa shape index (κ1) is 21.7. The molecule has 1 aliphatic heterocycles. The van der Waals surface area contributed by atoms with E-state index >= 15 is 0 Å². The Morgan fingerprint density at radius 2 is 1.76 bits per heavy atom. The number of aromatic amines is 1. The Labute approximate surface area is 183 Å². The molecule has 3 aromatic rings. The lowest BCUT2D eigenvalue weighted by atomic mass is 9.97. The van der Waals surface area contributed by atoms with Crippen LogP contribution < -0.4 is 0 Å². The van der Waals surface area contributed by atoms with Gasteiger partial charge in [0.15, 0.2) is 0 Å². The minimum absolute atomic E-state index is 0.0588. The standard InChI is InChI=1S/C21H20Cl2N2O.C3H8/c1-13(10-14-2-4-15(22)5-3-14)21(26)25-9-8-17-18-11-16(23)6-7-19(18)24-20(17)12-25;1-3-2/h2-7,11,13,24H,8-10,12H2,1H3;3H2,1-2H3. The Hall–Kier alpha value is -1.97. The van der Waals surface area contributed by atoms with Crippen molar-refractivity contribution >= 4 is 40.0 Å². The van der Waals surface area contributed by atoms with Gasteiger partial charge in [0.2, 0.25) is 5.91 Å². The van der Waals surface area contributed by atoms with Crippen LogP contribution in [0, 0.1) is 5.92 Å². The van der Waals surface area contributed by atoms with E-state index in [1.165, 1.54) is 17.4 Å². The van der Waals surface area contributed by atoms with Gasteiger partial charge >= 0.3 is 0 Å². The largest absolute Gasteiger partial charge is 0.357 e. The maximum Gasteiger partial charge on any atom is 0.226 e. The minimum Gasteiger partial charge on any atom is -0.357 e. The van der Waals surface area contributed by atoms with Crippen LogP contribution in [-0.4, -0.2) is 22.3 Å². The van der Waals surface area contributed by atoms with Crippen LogP contribution in [0.5, 0.6) is 0 Å². The first-order chi connectivity index (χ1) is 13.9. The van der Waals surface area contributed by atoms with Crippen LogP contribution in [0.1, 0.15) is 44.0 Å². The summed E-state index contributed by atoms with van der Waals surface area (Å²) in [6, 6.07) is 13.6. The van der Waals surface area contributed by atoms with Gasteiger partial charge in [0.25, 0.3) is 0 Å². The van der Waals surface area contributed by atoms with Crippen molar-refractivity contribution in [3.63, 3.8) is 0 Å². The molecule has 1 amide bonds. The maximum absolute atomic E-state index is 12.9. The molecule has 0 aliphatic carbocycles. The summed E-state index contributed by atoms with van der Waals surface area (Å²) >= 11 is 12.1. The topological polar surface area (TPSA) is 36.1 Å². The average molecular weight is 431 g/mol. The van der Waals surface area contributed by atoms with E-state index in [2.05, 4.69) is 18.8 Å². The zero-order valence-electron chi connectivity index (χ0n) is 17.3. The molecule has 1 unspecified atom stereocenters. The predicted octanol–water partition coefficient (Wildman–Crippen LogP) is 6.65. The number of nitrogens with zero attached hydrogens (tertiary/aromatic N) is 1. The van der Waals surface area contributed by atoms with Crippen LogP contribution in [-0.2, 0) is 24.2 Å². The van der Waals surface area contributed by atoms with Gasteiger partial charge in [-0.2, -0.15) is 0 Å². The molecule has 4 rings (SSSR count). The van der Waals surface area contributed by atoms with Crippen molar-refractivity contribution in [2.45, 2.75) is 46.6 Å². The molecule has 0 saturated carbocycles. The molecule has 0 bridgehead atoms. The lowest BCUT2D eigenvalue weighted by Gasteiger charge is -2.29. The fraction of sp³-hybridized carbons (Fsp3) is 0.375. The average Bonchev–Trinajstić information content (AvgIpc) is 3.06. The number of H-pyrrole nitrogens is 1. The number of carbonyl (C=O) groups is 1. The highest BCUT2D eigenvalue weighted by Gasteiger charge is 2.27. The number of nitrogens with one attached hydrogen (secondary N) is 1. The van der Waals surface area contributed by atoms with Gasteiger partial charge in [0, 0.05) is 39.1 Å². The van der Waals surface area contributed by atoms with E-state index < -0.39 is 0 Å². The Morgan fingerprint density at radius 3 is 2.45 bits per heavy atom. The molecule has 1 aliphatic rings. The third-order valence-corrected chi connectivity index (χ3v) is 5.61. The van der Waals surface area contributed by atoms with Crippen molar-refractivity contribution in [2.75, 3.05) is 6.54 Å². The normalized spacial score (nSPS) is 14.2. The Balaban J connectivity index is 0.000000755. The number of aromatic nitrogens is 1. The van der Waals surface area contributed by atoms with Crippen LogP contribution in [0.4, 0.5) is 0 Å². The first-order valence-electron chi connectivity index (χ1n) is 10.2. The van der Waals surface area contributed by atoms with Crippen LogP contribution in [0.3, 0.4) is 0 Å². The maximum atomic E-state index is 12.9. The van der Waals surface area contributed by atoms with Crippen LogP contribution in [0.15, 0.2) is 42.5 Å². The van der Waals surface area contributed by atoms with Gasteiger partial charge in [-0.15, -0.1) is 0 Å². The van der Waals surface area contributed by atoms with Gasteiger partial charge in [-0.1, -0.05) is 62.5 Å². The van der Waals surface area contributed by atoms with Crippen molar-refractivity contribution in [3.05, 3.63) is 69.3 Å². The van der Waals surface area contributed by atoms with Gasteiger partial charge in [-0.3, -0.25) is 4.79 Å². The smallest absolute Gasteiger partial charge is 0.226 e. The number of rotatable bonds is 3.